The van der Waals surface area contributed by atoms with E-state index in [2.05, 4.69) is 5.32 Å². The van der Waals surface area contributed by atoms with Crippen LogP contribution in [0.2, 0.25) is 0 Å². The van der Waals surface area contributed by atoms with Crippen LogP contribution in [0, 0.1) is 5.82 Å². The van der Waals surface area contributed by atoms with Gasteiger partial charge in [-0.25, -0.2) is 4.39 Å². The monoisotopic (exact) mass is 429 g/mol. The zero-order chi connectivity index (χ0) is 20.5. The van der Waals surface area contributed by atoms with Crippen LogP contribution in [0.5, 0.6) is 5.75 Å². The van der Waals surface area contributed by atoms with Crippen LogP contribution in [0.15, 0.2) is 18.2 Å². The van der Waals surface area contributed by atoms with Crippen LogP contribution in [0.3, 0.4) is 0 Å². The molecule has 2 rings (SSSR count). The van der Waals surface area contributed by atoms with Crippen molar-refractivity contribution in [3.63, 3.8) is 0 Å². The van der Waals surface area contributed by atoms with E-state index in [-0.39, 0.29) is 73.2 Å². The van der Waals surface area contributed by atoms with E-state index in [4.69, 9.17) is 10.5 Å². The summed E-state index contributed by atoms with van der Waals surface area (Å²) in [5.41, 5.74) is 5.59. The SMILES string of the molecule is COc1ccc(C(=O)CCC(=O)N2CCCCC2CNC(=O)CCN)cc1F.Cl. The third-order valence-corrected chi connectivity index (χ3v) is 4.89. The summed E-state index contributed by atoms with van der Waals surface area (Å²) < 4.78 is 18.6. The van der Waals surface area contributed by atoms with Crippen molar-refractivity contribution in [3.05, 3.63) is 29.6 Å². The number of nitrogens with two attached hydrogens (primary N) is 1. The minimum absolute atomic E-state index is 0. The van der Waals surface area contributed by atoms with Crippen LogP contribution in [-0.4, -0.2) is 55.3 Å². The van der Waals surface area contributed by atoms with Gasteiger partial charge in [-0.3, -0.25) is 14.4 Å². The Kier molecular flexibility index (Phi) is 10.6. The zero-order valence-corrected chi connectivity index (χ0v) is 17.4. The fourth-order valence-electron chi connectivity index (χ4n) is 3.34. The molecule has 0 aromatic heterocycles. The Morgan fingerprint density at radius 1 is 1.24 bits per heavy atom. The molecule has 1 saturated heterocycles. The molecule has 0 saturated carbocycles. The van der Waals surface area contributed by atoms with Crippen molar-refractivity contribution in [2.75, 3.05) is 26.7 Å². The molecule has 1 heterocycles. The molecule has 1 aromatic carbocycles. The quantitative estimate of drug-likeness (QED) is 0.585. The van der Waals surface area contributed by atoms with Crippen molar-refractivity contribution in [3.8, 4) is 5.75 Å². The Hall–Kier alpha value is -2.19. The molecule has 1 aliphatic rings. The van der Waals surface area contributed by atoms with Gasteiger partial charge in [-0.15, -0.1) is 12.4 Å². The number of Topliss-reactive ketones (excluding diaryl/α,β-unsaturated/α-hetero) is 1. The van der Waals surface area contributed by atoms with Gasteiger partial charge in [0, 0.05) is 50.5 Å². The van der Waals surface area contributed by atoms with Crippen LogP contribution < -0.4 is 15.8 Å². The number of likely N-dealkylation sites (tertiary alicyclic amines) is 1. The lowest BCUT2D eigenvalue weighted by molar-refractivity contribution is -0.135. The van der Waals surface area contributed by atoms with Gasteiger partial charge < -0.3 is 20.7 Å². The highest BCUT2D eigenvalue weighted by atomic mass is 35.5. The Bertz CT molecular complexity index is 717. The number of piperidine rings is 1. The molecule has 1 unspecified atom stereocenters. The number of ether oxygens (including phenoxy) is 1. The van der Waals surface area contributed by atoms with Gasteiger partial charge in [0.25, 0.3) is 0 Å². The van der Waals surface area contributed by atoms with E-state index < -0.39 is 5.82 Å². The standard InChI is InChI=1S/C20H28FN3O4.ClH/c1-28-18-7-5-14(12-16(18)21)17(25)6-8-20(27)24-11-3-2-4-15(24)13-23-19(26)9-10-22;/h5,7,12,15H,2-4,6,8-11,13,22H2,1H3,(H,23,26);1H. The second-order valence-electron chi connectivity index (χ2n) is 6.85. The summed E-state index contributed by atoms with van der Waals surface area (Å²) in [5.74, 6) is -1.08. The summed E-state index contributed by atoms with van der Waals surface area (Å²) in [4.78, 5) is 38.3. The minimum atomic E-state index is -0.607. The first-order valence-electron chi connectivity index (χ1n) is 9.59. The molecule has 1 atom stereocenters. The molecule has 0 bridgehead atoms. The van der Waals surface area contributed by atoms with Gasteiger partial charge in [-0.05, 0) is 37.5 Å². The Morgan fingerprint density at radius 2 is 2.00 bits per heavy atom. The zero-order valence-electron chi connectivity index (χ0n) is 16.6. The predicted octanol–water partition coefficient (Wildman–Crippen LogP) is 2.07. The summed E-state index contributed by atoms with van der Waals surface area (Å²) in [6.45, 7) is 1.29. The highest BCUT2D eigenvalue weighted by Gasteiger charge is 2.27. The summed E-state index contributed by atoms with van der Waals surface area (Å²) in [6.07, 6.45) is 3.02. The molecule has 29 heavy (non-hydrogen) atoms. The highest BCUT2D eigenvalue weighted by Crippen LogP contribution is 2.21. The first-order valence-corrected chi connectivity index (χ1v) is 9.59. The van der Waals surface area contributed by atoms with E-state index >= 15 is 0 Å². The molecule has 0 radical (unpaired) electrons. The van der Waals surface area contributed by atoms with E-state index in [0.717, 1.165) is 25.3 Å². The van der Waals surface area contributed by atoms with E-state index in [1.165, 1.54) is 19.2 Å². The third-order valence-electron chi connectivity index (χ3n) is 4.89. The van der Waals surface area contributed by atoms with Crippen LogP contribution in [0.4, 0.5) is 4.39 Å². The number of nitrogens with zero attached hydrogens (tertiary/aromatic N) is 1. The van der Waals surface area contributed by atoms with Crippen LogP contribution in [-0.2, 0) is 9.59 Å². The molecular formula is C20H29ClFN3O4. The molecule has 9 heteroatoms. The van der Waals surface area contributed by atoms with Crippen molar-refractivity contribution in [2.24, 2.45) is 5.73 Å². The van der Waals surface area contributed by atoms with E-state index in [1.54, 1.807) is 4.90 Å². The molecule has 0 spiro atoms. The lowest BCUT2D eigenvalue weighted by Crippen LogP contribution is -2.49. The van der Waals surface area contributed by atoms with Crippen LogP contribution in [0.25, 0.3) is 0 Å². The molecule has 2 amide bonds. The number of rotatable bonds is 9. The van der Waals surface area contributed by atoms with Crippen molar-refractivity contribution < 1.29 is 23.5 Å². The summed E-state index contributed by atoms with van der Waals surface area (Å²) in [7, 11) is 1.35. The van der Waals surface area contributed by atoms with Gasteiger partial charge in [0.05, 0.1) is 7.11 Å². The maximum absolute atomic E-state index is 13.8. The fourth-order valence-corrected chi connectivity index (χ4v) is 3.34. The van der Waals surface area contributed by atoms with Crippen molar-refractivity contribution in [1.29, 1.82) is 0 Å². The number of halogens is 2. The van der Waals surface area contributed by atoms with Gasteiger partial charge in [0.15, 0.2) is 17.3 Å². The molecule has 3 N–H and O–H groups in total. The maximum Gasteiger partial charge on any atom is 0.223 e. The second-order valence-corrected chi connectivity index (χ2v) is 6.85. The topological polar surface area (TPSA) is 102 Å². The molecule has 1 aromatic rings. The normalized spacial score (nSPS) is 16.0. The van der Waals surface area contributed by atoms with E-state index in [0.29, 0.717) is 13.1 Å². The summed E-state index contributed by atoms with van der Waals surface area (Å²) in [5, 5.41) is 2.81. The second kappa shape index (κ2) is 12.4. The number of hydrogen-bond donors (Lipinski definition) is 2. The molecule has 1 fully saturated rings. The summed E-state index contributed by atoms with van der Waals surface area (Å²) in [6, 6.07) is 3.94. The van der Waals surface area contributed by atoms with Crippen LogP contribution in [0.1, 0.15) is 48.9 Å². The van der Waals surface area contributed by atoms with Crippen LogP contribution >= 0.6 is 12.4 Å². The van der Waals surface area contributed by atoms with Gasteiger partial charge in [0.2, 0.25) is 11.8 Å². The number of benzene rings is 1. The largest absolute Gasteiger partial charge is 0.494 e. The lowest BCUT2D eigenvalue weighted by Gasteiger charge is -2.36. The summed E-state index contributed by atoms with van der Waals surface area (Å²) >= 11 is 0. The number of amides is 2. The van der Waals surface area contributed by atoms with E-state index in [1.807, 2.05) is 0 Å². The lowest BCUT2D eigenvalue weighted by atomic mass is 10.00. The first kappa shape index (κ1) is 24.8. The van der Waals surface area contributed by atoms with Crippen molar-refractivity contribution in [1.82, 2.24) is 10.2 Å². The highest BCUT2D eigenvalue weighted by molar-refractivity contribution is 5.98. The number of ketones is 1. The van der Waals surface area contributed by atoms with Gasteiger partial charge in [-0.1, -0.05) is 0 Å². The van der Waals surface area contributed by atoms with Gasteiger partial charge >= 0.3 is 0 Å². The van der Waals surface area contributed by atoms with Crippen molar-refractivity contribution in [2.45, 2.75) is 44.6 Å². The van der Waals surface area contributed by atoms with Gasteiger partial charge in [-0.2, -0.15) is 0 Å². The fraction of sp³-hybridized carbons (Fsp3) is 0.550. The molecule has 162 valence electrons. The minimum Gasteiger partial charge on any atom is -0.494 e. The molecule has 7 nitrogen and oxygen atoms in total. The average molecular weight is 430 g/mol. The van der Waals surface area contributed by atoms with E-state index in [9.17, 15) is 18.8 Å². The molecule has 1 aliphatic heterocycles. The first-order chi connectivity index (χ1) is 13.5. The third kappa shape index (κ3) is 7.29. The van der Waals surface area contributed by atoms with Gasteiger partial charge in [0.1, 0.15) is 0 Å². The number of nitrogens with one attached hydrogen (secondary N) is 1. The Labute approximate surface area is 176 Å². The Morgan fingerprint density at radius 3 is 2.66 bits per heavy atom. The smallest absolute Gasteiger partial charge is 0.223 e. The molecule has 0 aliphatic carbocycles. The predicted molar refractivity (Wildman–Crippen MR) is 110 cm³/mol. The Balaban J connectivity index is 0.00000420. The average Bonchev–Trinajstić information content (AvgIpc) is 2.70. The number of methoxy groups -OCH3 is 1. The maximum atomic E-state index is 13.8. The number of carbonyl (C=O) groups is 3. The molecular weight excluding hydrogens is 401 g/mol. The number of carbonyl (C=O) groups excluding carboxylic acids is 3. The number of hydrogen-bond acceptors (Lipinski definition) is 5. The van der Waals surface area contributed by atoms with Crippen molar-refractivity contribution >= 4 is 30.0 Å².